The lowest BCUT2D eigenvalue weighted by molar-refractivity contribution is 0.100. The molecule has 0 bridgehead atoms. The molecule has 4 nitrogen and oxygen atoms in total. The zero-order valence-corrected chi connectivity index (χ0v) is 12.1. The minimum absolute atomic E-state index is 0.131. The first kappa shape index (κ1) is 16.4. The van der Waals surface area contributed by atoms with Crippen LogP contribution in [0.1, 0.15) is 24.5 Å². The third-order valence-electron chi connectivity index (χ3n) is 3.12. The molecule has 0 heterocycles. The molecule has 20 heavy (non-hydrogen) atoms. The molecule has 0 aliphatic carbocycles. The van der Waals surface area contributed by atoms with Crippen molar-refractivity contribution in [1.82, 2.24) is 5.32 Å². The van der Waals surface area contributed by atoms with Crippen molar-refractivity contribution in [2.24, 2.45) is 0 Å². The fraction of sp³-hybridized carbons (Fsp3) is 0.438. The first-order valence-corrected chi connectivity index (χ1v) is 6.65. The zero-order chi connectivity index (χ0) is 14.8. The van der Waals surface area contributed by atoms with E-state index in [1.54, 1.807) is 19.2 Å². The van der Waals surface area contributed by atoms with E-state index in [1.807, 2.05) is 31.2 Å². The monoisotopic (exact) mass is 274 g/mol. The van der Waals surface area contributed by atoms with Crippen LogP contribution in [-0.4, -0.2) is 37.5 Å². The summed E-state index contributed by atoms with van der Waals surface area (Å²) < 4.78 is 5.17. The number of rotatable bonds is 8. The predicted molar refractivity (Wildman–Crippen MR) is 80.2 cm³/mol. The summed E-state index contributed by atoms with van der Waals surface area (Å²) >= 11 is 0. The molecule has 0 aromatic heterocycles. The van der Waals surface area contributed by atoms with E-state index in [0.717, 1.165) is 5.56 Å². The summed E-state index contributed by atoms with van der Waals surface area (Å²) in [6.07, 6.45) is 4.67. The summed E-state index contributed by atoms with van der Waals surface area (Å²) in [5, 5.41) is 21.2. The highest BCUT2D eigenvalue weighted by Gasteiger charge is 2.21. The highest BCUT2D eigenvalue weighted by atomic mass is 16.5. The normalized spacial score (nSPS) is 14.1. The highest BCUT2D eigenvalue weighted by Crippen LogP contribution is 2.09. The summed E-state index contributed by atoms with van der Waals surface area (Å²) in [5.41, 5.74) is 1.50. The van der Waals surface area contributed by atoms with Crippen LogP contribution in [0.2, 0.25) is 0 Å². The van der Waals surface area contributed by atoms with Crippen molar-refractivity contribution in [2.45, 2.75) is 18.9 Å². The van der Waals surface area contributed by atoms with Crippen LogP contribution in [0.25, 0.3) is 6.08 Å². The second kappa shape index (κ2) is 8.49. The van der Waals surface area contributed by atoms with E-state index in [1.165, 1.54) is 0 Å². The van der Waals surface area contributed by atoms with E-state index in [9.17, 15) is 0 Å². The van der Waals surface area contributed by atoms with Gasteiger partial charge in [-0.3, -0.25) is 0 Å². The van der Waals surface area contributed by atoms with Crippen molar-refractivity contribution in [3.8, 4) is 6.07 Å². The third kappa shape index (κ3) is 5.54. The molecule has 0 amide bonds. The quantitative estimate of drug-likeness (QED) is 0.760. The molecule has 0 saturated carbocycles. The van der Waals surface area contributed by atoms with Crippen LogP contribution in [-0.2, 0) is 4.74 Å². The average molecular weight is 274 g/mol. The maximum absolute atomic E-state index is 9.07. The van der Waals surface area contributed by atoms with Crippen molar-refractivity contribution in [2.75, 3.05) is 26.9 Å². The minimum atomic E-state index is -0.224. The molecule has 1 aromatic rings. The van der Waals surface area contributed by atoms with Crippen LogP contribution in [0.4, 0.5) is 0 Å². The van der Waals surface area contributed by atoms with Gasteiger partial charge in [0.1, 0.15) is 0 Å². The number of methoxy groups -OCH3 is 1. The van der Waals surface area contributed by atoms with E-state index in [0.29, 0.717) is 25.1 Å². The van der Waals surface area contributed by atoms with E-state index in [2.05, 4.69) is 11.4 Å². The molecule has 1 rings (SSSR count). The number of ether oxygens (including phenoxy) is 1. The fourth-order valence-corrected chi connectivity index (χ4v) is 1.95. The fourth-order valence-electron chi connectivity index (χ4n) is 1.95. The van der Waals surface area contributed by atoms with Gasteiger partial charge in [-0.15, -0.1) is 0 Å². The molecular weight excluding hydrogens is 252 g/mol. The summed E-state index contributed by atoms with van der Waals surface area (Å²) in [6.45, 7) is 3.41. The van der Waals surface area contributed by atoms with Crippen LogP contribution in [0.3, 0.4) is 0 Å². The lowest BCUT2D eigenvalue weighted by Gasteiger charge is -2.29. The molecule has 4 heteroatoms. The Morgan fingerprint density at radius 1 is 1.40 bits per heavy atom. The average Bonchev–Trinajstić information content (AvgIpc) is 2.45. The molecule has 1 aromatic carbocycles. The molecule has 0 aliphatic heterocycles. The molecule has 1 atom stereocenters. The number of benzene rings is 1. The van der Waals surface area contributed by atoms with E-state index in [-0.39, 0.29) is 12.1 Å². The zero-order valence-electron chi connectivity index (χ0n) is 12.1. The first-order valence-electron chi connectivity index (χ1n) is 6.65. The van der Waals surface area contributed by atoms with Gasteiger partial charge in [0.15, 0.2) is 0 Å². The Morgan fingerprint density at radius 2 is 2.10 bits per heavy atom. The molecular formula is C16H22N2O2. The minimum Gasteiger partial charge on any atom is -0.396 e. The molecule has 0 aliphatic rings. The van der Waals surface area contributed by atoms with Gasteiger partial charge in [0.05, 0.1) is 18.2 Å². The van der Waals surface area contributed by atoms with Crippen molar-refractivity contribution in [1.29, 1.82) is 5.26 Å². The van der Waals surface area contributed by atoms with Gasteiger partial charge >= 0.3 is 0 Å². The molecule has 0 spiro atoms. The summed E-state index contributed by atoms with van der Waals surface area (Å²) in [6, 6.07) is 9.52. The highest BCUT2D eigenvalue weighted by molar-refractivity contribution is 5.51. The largest absolute Gasteiger partial charge is 0.396 e. The van der Waals surface area contributed by atoms with Crippen LogP contribution >= 0.6 is 0 Å². The van der Waals surface area contributed by atoms with E-state index >= 15 is 0 Å². The number of nitriles is 1. The smallest absolute Gasteiger partial charge is 0.0991 e. The van der Waals surface area contributed by atoms with Gasteiger partial charge < -0.3 is 15.2 Å². The number of hydrogen-bond acceptors (Lipinski definition) is 4. The van der Waals surface area contributed by atoms with Gasteiger partial charge in [0, 0.05) is 25.8 Å². The summed E-state index contributed by atoms with van der Waals surface area (Å²) in [7, 11) is 1.66. The Bertz CT molecular complexity index is 454. The Labute approximate surface area is 120 Å². The molecule has 0 saturated heterocycles. The molecule has 108 valence electrons. The lowest BCUT2D eigenvalue weighted by Crippen LogP contribution is -2.47. The van der Waals surface area contributed by atoms with Crippen LogP contribution < -0.4 is 5.32 Å². The van der Waals surface area contributed by atoms with Crippen molar-refractivity contribution in [3.05, 3.63) is 41.5 Å². The number of aliphatic hydroxyl groups excluding tert-OH is 1. The van der Waals surface area contributed by atoms with E-state index < -0.39 is 0 Å². The Balaban J connectivity index is 2.49. The second-order valence-electron chi connectivity index (χ2n) is 4.98. The van der Waals surface area contributed by atoms with Gasteiger partial charge in [-0.1, -0.05) is 24.3 Å². The third-order valence-corrected chi connectivity index (χ3v) is 3.12. The number of aliphatic hydroxyl groups is 1. The van der Waals surface area contributed by atoms with Crippen LogP contribution in [0, 0.1) is 11.3 Å². The standard InChI is InChI=1S/C16H22N2O2/c1-16(9-11-19,13-20-2)18-10-3-4-14-5-7-15(12-17)8-6-14/h3-8,18-19H,9-11,13H2,1-2H3/b4-3+. The van der Waals surface area contributed by atoms with Crippen LogP contribution in [0.5, 0.6) is 0 Å². The van der Waals surface area contributed by atoms with Gasteiger partial charge in [-0.2, -0.15) is 5.26 Å². The Hall–Kier alpha value is -1.67. The van der Waals surface area contributed by atoms with Crippen molar-refractivity contribution >= 4 is 6.08 Å². The lowest BCUT2D eigenvalue weighted by atomic mass is 9.99. The number of hydrogen-bond donors (Lipinski definition) is 2. The van der Waals surface area contributed by atoms with Crippen molar-refractivity contribution in [3.63, 3.8) is 0 Å². The Morgan fingerprint density at radius 3 is 2.65 bits per heavy atom. The second-order valence-corrected chi connectivity index (χ2v) is 4.98. The summed E-state index contributed by atoms with van der Waals surface area (Å²) in [4.78, 5) is 0. The number of nitrogens with one attached hydrogen (secondary N) is 1. The summed E-state index contributed by atoms with van der Waals surface area (Å²) in [5.74, 6) is 0. The molecule has 0 fully saturated rings. The molecule has 2 N–H and O–H groups in total. The van der Waals surface area contributed by atoms with Crippen molar-refractivity contribution < 1.29 is 9.84 Å². The molecule has 1 unspecified atom stereocenters. The Kier molecular flexibility index (Phi) is 6.96. The SMILES string of the molecule is COCC(C)(CCO)NC/C=C/c1ccc(C#N)cc1. The van der Waals surface area contributed by atoms with Gasteiger partial charge in [-0.05, 0) is 31.0 Å². The maximum Gasteiger partial charge on any atom is 0.0991 e. The topological polar surface area (TPSA) is 65.3 Å². The first-order chi connectivity index (χ1) is 9.63. The van der Waals surface area contributed by atoms with Gasteiger partial charge in [-0.25, -0.2) is 0 Å². The van der Waals surface area contributed by atoms with Crippen LogP contribution in [0.15, 0.2) is 30.3 Å². The predicted octanol–water partition coefficient (Wildman–Crippen LogP) is 1.95. The van der Waals surface area contributed by atoms with Gasteiger partial charge in [0.25, 0.3) is 0 Å². The number of nitrogens with zero attached hydrogens (tertiary/aromatic N) is 1. The van der Waals surface area contributed by atoms with Gasteiger partial charge in [0.2, 0.25) is 0 Å². The van der Waals surface area contributed by atoms with E-state index in [4.69, 9.17) is 15.1 Å². The molecule has 0 radical (unpaired) electrons. The maximum atomic E-state index is 9.07.